The Morgan fingerprint density at radius 3 is 2.65 bits per heavy atom. The summed E-state index contributed by atoms with van der Waals surface area (Å²) in [6.07, 6.45) is 4.90. The van der Waals surface area contributed by atoms with Crippen molar-refractivity contribution in [3.63, 3.8) is 0 Å². The van der Waals surface area contributed by atoms with E-state index in [0.717, 1.165) is 5.52 Å². The number of fused-ring (bicyclic) bond motifs is 1. The molecule has 0 aliphatic carbocycles. The third-order valence-electron chi connectivity index (χ3n) is 3.87. The largest absolute Gasteiger partial charge is 0.297 e. The van der Waals surface area contributed by atoms with Gasteiger partial charge in [0.05, 0.1) is 28.0 Å². The average Bonchev–Trinajstić information content (AvgIpc) is 3.08. The number of pyridine rings is 1. The van der Waals surface area contributed by atoms with E-state index in [1.54, 1.807) is 65.8 Å². The fourth-order valence-electron chi connectivity index (χ4n) is 2.65. The van der Waals surface area contributed by atoms with Crippen LogP contribution in [-0.2, 0) is 10.0 Å². The van der Waals surface area contributed by atoms with Crippen LogP contribution < -0.4 is 4.72 Å². The Balaban J connectivity index is 1.84. The lowest BCUT2D eigenvalue weighted by Gasteiger charge is -2.14. The molecule has 0 atom stereocenters. The van der Waals surface area contributed by atoms with Crippen LogP contribution in [0.4, 0.5) is 5.69 Å². The Morgan fingerprint density at radius 1 is 1.04 bits per heavy atom. The predicted molar refractivity (Wildman–Crippen MR) is 101 cm³/mol. The lowest BCUT2D eigenvalue weighted by molar-refractivity contribution is 0.601. The van der Waals surface area contributed by atoms with Crippen molar-refractivity contribution < 1.29 is 8.42 Å². The van der Waals surface area contributed by atoms with E-state index in [-0.39, 0.29) is 4.90 Å². The van der Waals surface area contributed by atoms with E-state index < -0.39 is 10.0 Å². The first-order valence-electron chi connectivity index (χ1n) is 7.69. The number of rotatable bonds is 4. The third-order valence-corrected chi connectivity index (χ3v) is 5.48. The summed E-state index contributed by atoms with van der Waals surface area (Å²) in [4.78, 5) is 8.53. The highest BCUT2D eigenvalue weighted by atomic mass is 35.5. The van der Waals surface area contributed by atoms with Crippen LogP contribution in [-0.4, -0.2) is 23.0 Å². The zero-order valence-electron chi connectivity index (χ0n) is 13.4. The number of hydrogen-bond acceptors (Lipinski definition) is 4. The van der Waals surface area contributed by atoms with Crippen molar-refractivity contribution in [2.24, 2.45) is 0 Å². The molecular formula is C18H13ClN4O2S. The van der Waals surface area contributed by atoms with E-state index in [0.29, 0.717) is 21.9 Å². The van der Waals surface area contributed by atoms with Crippen molar-refractivity contribution in [2.75, 3.05) is 4.72 Å². The van der Waals surface area contributed by atoms with Crippen molar-refractivity contribution in [3.8, 4) is 5.69 Å². The Labute approximate surface area is 155 Å². The summed E-state index contributed by atoms with van der Waals surface area (Å²) in [5.41, 5.74) is 2.46. The van der Waals surface area contributed by atoms with Gasteiger partial charge < -0.3 is 0 Å². The van der Waals surface area contributed by atoms with E-state index in [4.69, 9.17) is 11.6 Å². The summed E-state index contributed by atoms with van der Waals surface area (Å²) < 4.78 is 29.8. The smallest absolute Gasteiger partial charge is 0.261 e. The van der Waals surface area contributed by atoms with Crippen molar-refractivity contribution in [1.82, 2.24) is 14.5 Å². The summed E-state index contributed by atoms with van der Waals surface area (Å²) in [5.74, 6) is 0. The molecule has 0 aliphatic rings. The molecule has 26 heavy (non-hydrogen) atoms. The van der Waals surface area contributed by atoms with Crippen LogP contribution in [0.2, 0.25) is 5.02 Å². The van der Waals surface area contributed by atoms with Crippen LogP contribution in [0.25, 0.3) is 16.7 Å². The topological polar surface area (TPSA) is 76.9 Å². The summed E-state index contributed by atoms with van der Waals surface area (Å²) in [7, 11) is -3.73. The maximum atomic E-state index is 12.7. The lowest BCUT2D eigenvalue weighted by atomic mass is 10.2. The number of nitrogens with one attached hydrogen (secondary N) is 1. The zero-order valence-corrected chi connectivity index (χ0v) is 14.9. The van der Waals surface area contributed by atoms with E-state index in [1.165, 1.54) is 12.1 Å². The minimum atomic E-state index is -3.73. The molecule has 4 aromatic rings. The molecule has 0 saturated carbocycles. The Morgan fingerprint density at radius 2 is 1.85 bits per heavy atom. The molecule has 8 heteroatoms. The van der Waals surface area contributed by atoms with Gasteiger partial charge in [0.15, 0.2) is 0 Å². The van der Waals surface area contributed by atoms with Crippen molar-refractivity contribution >= 4 is 38.3 Å². The average molecular weight is 385 g/mol. The number of nitrogens with zero attached hydrogens (tertiary/aromatic N) is 3. The van der Waals surface area contributed by atoms with Crippen LogP contribution in [0.1, 0.15) is 0 Å². The Hall–Kier alpha value is -2.90. The molecule has 1 N–H and O–H groups in total. The molecule has 2 heterocycles. The van der Waals surface area contributed by atoms with Crippen LogP contribution in [0.15, 0.2) is 78.2 Å². The predicted octanol–water partition coefficient (Wildman–Crippen LogP) is 3.87. The highest BCUT2D eigenvalue weighted by Crippen LogP contribution is 2.29. The second kappa shape index (κ2) is 6.44. The fraction of sp³-hybridized carbons (Fsp3) is 0. The molecule has 0 aliphatic heterocycles. The molecular weight excluding hydrogens is 372 g/mol. The first-order chi connectivity index (χ1) is 12.5. The molecule has 0 bridgehead atoms. The third kappa shape index (κ3) is 3.02. The first kappa shape index (κ1) is 16.6. The second-order valence-corrected chi connectivity index (χ2v) is 7.68. The van der Waals surface area contributed by atoms with Gasteiger partial charge >= 0.3 is 0 Å². The summed E-state index contributed by atoms with van der Waals surface area (Å²) in [6.45, 7) is 0. The van der Waals surface area contributed by atoms with Gasteiger partial charge in [-0.15, -0.1) is 0 Å². The Bertz CT molecular complexity index is 1190. The second-order valence-electron chi connectivity index (χ2n) is 5.56. The maximum absolute atomic E-state index is 12.7. The molecule has 0 amide bonds. The summed E-state index contributed by atoms with van der Waals surface area (Å²) >= 11 is 6.15. The Kier molecular flexibility index (Phi) is 4.10. The summed E-state index contributed by atoms with van der Waals surface area (Å²) in [5, 5.41) is 0.485. The van der Waals surface area contributed by atoms with Crippen LogP contribution >= 0.6 is 11.6 Å². The molecule has 0 radical (unpaired) electrons. The number of aromatic nitrogens is 3. The van der Waals surface area contributed by atoms with Gasteiger partial charge in [0.25, 0.3) is 10.0 Å². The zero-order chi connectivity index (χ0) is 18.1. The molecule has 2 aromatic heterocycles. The van der Waals surface area contributed by atoms with E-state index in [9.17, 15) is 8.42 Å². The van der Waals surface area contributed by atoms with Crippen molar-refractivity contribution in [2.45, 2.75) is 4.90 Å². The molecule has 0 unspecified atom stereocenters. The van der Waals surface area contributed by atoms with E-state index in [2.05, 4.69) is 14.7 Å². The molecule has 130 valence electrons. The van der Waals surface area contributed by atoms with Crippen LogP contribution in [0.5, 0.6) is 0 Å². The van der Waals surface area contributed by atoms with Gasteiger partial charge in [0, 0.05) is 11.2 Å². The van der Waals surface area contributed by atoms with Gasteiger partial charge in [0.1, 0.15) is 11.8 Å². The number of halogens is 1. The molecule has 0 fully saturated rings. The number of anilines is 1. The van der Waals surface area contributed by atoms with Gasteiger partial charge in [-0.3, -0.25) is 14.3 Å². The number of sulfonamides is 1. The van der Waals surface area contributed by atoms with Crippen molar-refractivity contribution in [3.05, 3.63) is 78.3 Å². The number of benzene rings is 2. The quantitative estimate of drug-likeness (QED) is 0.579. The van der Waals surface area contributed by atoms with Crippen molar-refractivity contribution in [1.29, 1.82) is 0 Å². The molecule has 4 rings (SSSR count). The molecule has 6 nitrogen and oxygen atoms in total. The number of imidazole rings is 1. The minimum absolute atomic E-state index is 0.181. The normalized spacial score (nSPS) is 11.6. The van der Waals surface area contributed by atoms with E-state index in [1.807, 2.05) is 0 Å². The van der Waals surface area contributed by atoms with Gasteiger partial charge in [-0.2, -0.15) is 0 Å². The highest BCUT2D eigenvalue weighted by molar-refractivity contribution is 7.92. The van der Waals surface area contributed by atoms with E-state index >= 15 is 0 Å². The SMILES string of the molecule is O=S(=O)(Nc1ccc(Cl)cc1-n1cnc2cnccc21)c1ccccc1. The number of hydrogen-bond donors (Lipinski definition) is 1. The lowest BCUT2D eigenvalue weighted by Crippen LogP contribution is -2.14. The maximum Gasteiger partial charge on any atom is 0.261 e. The highest BCUT2D eigenvalue weighted by Gasteiger charge is 2.17. The first-order valence-corrected chi connectivity index (χ1v) is 9.55. The van der Waals surface area contributed by atoms with Gasteiger partial charge in [-0.1, -0.05) is 29.8 Å². The standard InChI is InChI=1S/C18H13ClN4O2S/c19-13-6-7-15(22-26(24,25)14-4-2-1-3-5-14)18(10-13)23-12-21-16-11-20-9-8-17(16)23/h1-12,22H. The minimum Gasteiger partial charge on any atom is -0.297 e. The van der Waals surface area contributed by atoms with Crippen LogP contribution in [0.3, 0.4) is 0 Å². The van der Waals surface area contributed by atoms with Crippen LogP contribution in [0, 0.1) is 0 Å². The van der Waals surface area contributed by atoms with Gasteiger partial charge in [-0.25, -0.2) is 13.4 Å². The summed E-state index contributed by atoms with van der Waals surface area (Å²) in [6, 6.07) is 14.9. The van der Waals surface area contributed by atoms with Gasteiger partial charge in [0.2, 0.25) is 0 Å². The van der Waals surface area contributed by atoms with Gasteiger partial charge in [-0.05, 0) is 36.4 Å². The molecule has 0 spiro atoms. The fourth-order valence-corrected chi connectivity index (χ4v) is 3.91. The monoisotopic (exact) mass is 384 g/mol. The molecule has 2 aromatic carbocycles. The molecule has 0 saturated heterocycles.